The Kier molecular flexibility index (Phi) is 3.88. The van der Waals surface area contributed by atoms with Gasteiger partial charge < -0.3 is 5.32 Å². The minimum atomic E-state index is -0.492. The number of benzene rings is 1. The Morgan fingerprint density at radius 3 is 2.38 bits per heavy atom. The molecule has 1 saturated carbocycles. The van der Waals surface area contributed by atoms with Gasteiger partial charge in [-0.05, 0) is 56.0 Å². The van der Waals surface area contributed by atoms with Crippen molar-refractivity contribution in [2.75, 3.05) is 13.1 Å². The van der Waals surface area contributed by atoms with Crippen LogP contribution < -0.4 is 5.32 Å². The molecule has 16 heavy (non-hydrogen) atoms. The zero-order valence-corrected chi connectivity index (χ0v) is 9.31. The lowest BCUT2D eigenvalue weighted by Crippen LogP contribution is -2.28. The van der Waals surface area contributed by atoms with Gasteiger partial charge in [0.05, 0.1) is 0 Å². The topological polar surface area (TPSA) is 12.0 Å². The maximum atomic E-state index is 12.9. The number of halogens is 2. The Labute approximate surface area is 94.9 Å². The SMILES string of the molecule is Fc1cc(F)cc(CCNCC2CCC2)c1. The fraction of sp³-hybridized carbons (Fsp3) is 0.538. The van der Waals surface area contributed by atoms with Crippen LogP contribution in [0.15, 0.2) is 18.2 Å². The molecule has 0 radical (unpaired) electrons. The Hall–Kier alpha value is -0.960. The van der Waals surface area contributed by atoms with Crippen LogP contribution in [0.1, 0.15) is 24.8 Å². The highest BCUT2D eigenvalue weighted by atomic mass is 19.1. The van der Waals surface area contributed by atoms with Crippen LogP contribution in [0.4, 0.5) is 8.78 Å². The van der Waals surface area contributed by atoms with E-state index in [-0.39, 0.29) is 0 Å². The van der Waals surface area contributed by atoms with Crippen molar-refractivity contribution in [2.24, 2.45) is 5.92 Å². The van der Waals surface area contributed by atoms with Crippen molar-refractivity contribution in [1.29, 1.82) is 0 Å². The smallest absolute Gasteiger partial charge is 0.126 e. The summed E-state index contributed by atoms with van der Waals surface area (Å²) in [6.07, 6.45) is 4.67. The lowest BCUT2D eigenvalue weighted by Gasteiger charge is -2.25. The second-order valence-corrected chi connectivity index (χ2v) is 4.53. The van der Waals surface area contributed by atoms with Crippen LogP contribution in [0.5, 0.6) is 0 Å². The number of nitrogens with one attached hydrogen (secondary N) is 1. The van der Waals surface area contributed by atoms with Crippen molar-refractivity contribution in [3.63, 3.8) is 0 Å². The highest BCUT2D eigenvalue weighted by Gasteiger charge is 2.16. The van der Waals surface area contributed by atoms with Crippen molar-refractivity contribution in [3.05, 3.63) is 35.4 Å². The van der Waals surface area contributed by atoms with Gasteiger partial charge >= 0.3 is 0 Å². The molecule has 0 bridgehead atoms. The first kappa shape index (κ1) is 11.5. The molecule has 0 unspecified atom stereocenters. The van der Waals surface area contributed by atoms with Crippen LogP contribution in [0.25, 0.3) is 0 Å². The van der Waals surface area contributed by atoms with E-state index in [9.17, 15) is 8.78 Å². The molecule has 0 aromatic heterocycles. The van der Waals surface area contributed by atoms with Crippen molar-refractivity contribution in [1.82, 2.24) is 5.32 Å². The zero-order valence-electron chi connectivity index (χ0n) is 9.31. The average molecular weight is 225 g/mol. The van der Waals surface area contributed by atoms with Crippen molar-refractivity contribution < 1.29 is 8.78 Å². The van der Waals surface area contributed by atoms with E-state index in [2.05, 4.69) is 5.32 Å². The van der Waals surface area contributed by atoms with Crippen molar-refractivity contribution >= 4 is 0 Å². The molecule has 1 aromatic carbocycles. The monoisotopic (exact) mass is 225 g/mol. The van der Waals surface area contributed by atoms with Gasteiger partial charge in [-0.15, -0.1) is 0 Å². The molecular formula is C13H17F2N. The summed E-state index contributed by atoms with van der Waals surface area (Å²) in [6.45, 7) is 1.83. The third-order valence-electron chi connectivity index (χ3n) is 3.17. The third-order valence-corrected chi connectivity index (χ3v) is 3.17. The molecule has 1 fully saturated rings. The summed E-state index contributed by atoms with van der Waals surface area (Å²) in [5.41, 5.74) is 0.721. The summed E-state index contributed by atoms with van der Waals surface area (Å²) < 4.78 is 25.7. The summed E-state index contributed by atoms with van der Waals surface area (Å²) in [7, 11) is 0. The van der Waals surface area contributed by atoms with Gasteiger partial charge in [-0.25, -0.2) is 8.78 Å². The molecule has 0 saturated heterocycles. The molecule has 1 aliphatic rings. The van der Waals surface area contributed by atoms with Gasteiger partial charge in [-0.3, -0.25) is 0 Å². The molecule has 0 spiro atoms. The van der Waals surface area contributed by atoms with Gasteiger partial charge in [0.25, 0.3) is 0 Å². The average Bonchev–Trinajstić information content (AvgIpc) is 2.13. The predicted molar refractivity (Wildman–Crippen MR) is 60.3 cm³/mol. The summed E-state index contributed by atoms with van der Waals surface area (Å²) in [6, 6.07) is 3.70. The van der Waals surface area contributed by atoms with E-state index in [0.29, 0.717) is 6.42 Å². The second-order valence-electron chi connectivity index (χ2n) is 4.53. The molecule has 1 nitrogen and oxygen atoms in total. The molecule has 0 amide bonds. The van der Waals surface area contributed by atoms with Gasteiger partial charge in [-0.2, -0.15) is 0 Å². The van der Waals surface area contributed by atoms with E-state index in [4.69, 9.17) is 0 Å². The highest BCUT2D eigenvalue weighted by molar-refractivity contribution is 5.18. The Morgan fingerprint density at radius 1 is 1.12 bits per heavy atom. The van der Waals surface area contributed by atoms with E-state index in [1.54, 1.807) is 0 Å². The number of hydrogen-bond donors (Lipinski definition) is 1. The van der Waals surface area contributed by atoms with Crippen LogP contribution in [0.3, 0.4) is 0 Å². The van der Waals surface area contributed by atoms with Gasteiger partial charge in [0.1, 0.15) is 11.6 Å². The molecule has 1 aliphatic carbocycles. The Balaban J connectivity index is 1.71. The van der Waals surface area contributed by atoms with E-state index in [1.807, 2.05) is 0 Å². The first-order chi connectivity index (χ1) is 7.74. The standard InChI is InChI=1S/C13H17F2N/c14-12-6-11(7-13(15)8-12)4-5-16-9-10-2-1-3-10/h6-8,10,16H,1-5,9H2. The molecule has 88 valence electrons. The van der Waals surface area contributed by atoms with Gasteiger partial charge in [0.2, 0.25) is 0 Å². The molecule has 1 aromatic rings. The molecule has 2 rings (SSSR count). The molecular weight excluding hydrogens is 208 g/mol. The van der Waals surface area contributed by atoms with Crippen LogP contribution in [0, 0.1) is 17.6 Å². The van der Waals surface area contributed by atoms with Crippen LogP contribution >= 0.6 is 0 Å². The maximum absolute atomic E-state index is 12.9. The van der Waals surface area contributed by atoms with Crippen LogP contribution in [0.2, 0.25) is 0 Å². The molecule has 3 heteroatoms. The summed E-state index contributed by atoms with van der Waals surface area (Å²) in [5, 5.41) is 3.33. The summed E-state index contributed by atoms with van der Waals surface area (Å²) in [4.78, 5) is 0. The van der Waals surface area contributed by atoms with E-state index in [1.165, 1.54) is 31.4 Å². The van der Waals surface area contributed by atoms with E-state index in [0.717, 1.165) is 30.6 Å². The zero-order chi connectivity index (χ0) is 11.4. The Morgan fingerprint density at radius 2 is 1.81 bits per heavy atom. The predicted octanol–water partition coefficient (Wildman–Crippen LogP) is 2.90. The fourth-order valence-electron chi connectivity index (χ4n) is 1.99. The molecule has 0 atom stereocenters. The Bertz CT molecular complexity index is 328. The quantitative estimate of drug-likeness (QED) is 0.760. The molecule has 0 heterocycles. The maximum Gasteiger partial charge on any atom is 0.126 e. The van der Waals surface area contributed by atoms with Crippen molar-refractivity contribution in [2.45, 2.75) is 25.7 Å². The number of hydrogen-bond acceptors (Lipinski definition) is 1. The normalized spacial score (nSPS) is 16.1. The van der Waals surface area contributed by atoms with E-state index >= 15 is 0 Å². The lowest BCUT2D eigenvalue weighted by atomic mass is 9.85. The van der Waals surface area contributed by atoms with Crippen molar-refractivity contribution in [3.8, 4) is 0 Å². The molecule has 1 N–H and O–H groups in total. The highest BCUT2D eigenvalue weighted by Crippen LogP contribution is 2.25. The van der Waals surface area contributed by atoms with E-state index < -0.39 is 11.6 Å². The van der Waals surface area contributed by atoms with Gasteiger partial charge in [0, 0.05) is 6.07 Å². The minimum Gasteiger partial charge on any atom is -0.316 e. The fourth-order valence-corrected chi connectivity index (χ4v) is 1.99. The summed E-state index contributed by atoms with van der Waals surface area (Å²) >= 11 is 0. The largest absolute Gasteiger partial charge is 0.316 e. The second kappa shape index (κ2) is 5.39. The molecule has 0 aliphatic heterocycles. The third kappa shape index (κ3) is 3.27. The van der Waals surface area contributed by atoms with Crippen LogP contribution in [-0.4, -0.2) is 13.1 Å². The number of rotatable bonds is 5. The van der Waals surface area contributed by atoms with Gasteiger partial charge in [-0.1, -0.05) is 6.42 Å². The lowest BCUT2D eigenvalue weighted by molar-refractivity contribution is 0.302. The minimum absolute atomic E-state index is 0.492. The van der Waals surface area contributed by atoms with Crippen LogP contribution in [-0.2, 0) is 6.42 Å². The first-order valence-electron chi connectivity index (χ1n) is 5.90. The first-order valence-corrected chi connectivity index (χ1v) is 5.90. The van der Waals surface area contributed by atoms with Gasteiger partial charge in [0.15, 0.2) is 0 Å². The summed E-state index contributed by atoms with van der Waals surface area (Å²) in [5.74, 6) is -0.160.